The average molecular weight is 640 g/mol. The van der Waals surface area contributed by atoms with Crippen LogP contribution in [-0.2, 0) is 30.2 Å². The van der Waals surface area contributed by atoms with Crippen LogP contribution in [0.1, 0.15) is 11.3 Å². The number of carbonyl (C=O) groups excluding carboxylic acids is 3. The van der Waals surface area contributed by atoms with E-state index in [0.29, 0.717) is 0 Å². The summed E-state index contributed by atoms with van der Waals surface area (Å²) in [5.41, 5.74) is 2.75. The predicted octanol–water partition coefficient (Wildman–Crippen LogP) is 2.37. The number of amides is 2. The molecule has 1 unspecified atom stereocenters. The van der Waals surface area contributed by atoms with Crippen LogP contribution in [0, 0.1) is 0 Å². The molecule has 0 bridgehead atoms. The number of nitrogens with zero attached hydrogens (tertiary/aromatic N) is 3. The number of aromatic nitrogens is 1. The Labute approximate surface area is 238 Å². The molecule has 1 aromatic carbocycles. The first-order valence-corrected chi connectivity index (χ1v) is 13.1. The molecule has 0 spiro atoms. The van der Waals surface area contributed by atoms with Crippen molar-refractivity contribution in [2.75, 3.05) is 18.1 Å². The molecule has 20 heteroatoms. The summed E-state index contributed by atoms with van der Waals surface area (Å²) in [5, 5.41) is 14.9. The molecule has 2 aliphatic heterocycles. The van der Waals surface area contributed by atoms with Crippen LogP contribution >= 0.6 is 23.1 Å². The molecule has 4 rings (SSSR count). The number of nitrogens with one attached hydrogen (secondary N) is 1. The number of hydrogen-bond donors (Lipinski definition) is 3. The number of oxime groups is 1. The normalized spacial score (nSPS) is 19.1. The van der Waals surface area contributed by atoms with Gasteiger partial charge >= 0.3 is 24.3 Å². The molecule has 2 aliphatic rings. The number of alkyl halides is 6. The minimum absolute atomic E-state index is 0.0542. The molecule has 2 atom stereocenters. The Bertz CT molecular complexity index is 1510. The number of aliphatic carboxylic acids is 1. The van der Waals surface area contributed by atoms with Crippen molar-refractivity contribution in [2.45, 2.75) is 23.8 Å². The van der Waals surface area contributed by atoms with Gasteiger partial charge in [-0.05, 0) is 18.2 Å². The Morgan fingerprint density at radius 2 is 1.93 bits per heavy atom. The van der Waals surface area contributed by atoms with Crippen molar-refractivity contribution in [1.82, 2.24) is 15.2 Å². The zero-order valence-corrected chi connectivity index (χ0v) is 22.0. The summed E-state index contributed by atoms with van der Waals surface area (Å²) in [4.78, 5) is 57.2. The van der Waals surface area contributed by atoms with E-state index in [0.717, 1.165) is 51.6 Å². The number of halogens is 6. The van der Waals surface area contributed by atoms with E-state index in [2.05, 4.69) is 20.3 Å². The highest BCUT2D eigenvalue weighted by Crippen LogP contribution is 2.40. The second-order valence-electron chi connectivity index (χ2n) is 8.32. The summed E-state index contributed by atoms with van der Waals surface area (Å²) in [6.45, 7) is -0.476. The minimum atomic E-state index is -5.43. The van der Waals surface area contributed by atoms with Gasteiger partial charge in [0.2, 0.25) is 0 Å². The quantitative estimate of drug-likeness (QED) is 0.128. The second kappa shape index (κ2) is 11.5. The molecule has 0 aliphatic carbocycles. The van der Waals surface area contributed by atoms with E-state index >= 15 is 0 Å². The smallest absolute Gasteiger partial charge is 0.489 e. The minimum Gasteiger partial charge on any atom is -0.489 e. The van der Waals surface area contributed by atoms with E-state index in [1.165, 1.54) is 6.07 Å². The fourth-order valence-corrected chi connectivity index (χ4v) is 5.55. The molecule has 1 fully saturated rings. The van der Waals surface area contributed by atoms with Gasteiger partial charge in [0.15, 0.2) is 10.8 Å². The molecule has 42 heavy (non-hydrogen) atoms. The maximum atomic E-state index is 13.0. The number of hydrogen-bond acceptors (Lipinski definition) is 11. The molecule has 2 amide bonds. The van der Waals surface area contributed by atoms with Crippen molar-refractivity contribution in [3.05, 3.63) is 52.2 Å². The maximum absolute atomic E-state index is 13.0. The molecule has 2 aromatic rings. The number of thiazole rings is 1. The number of carboxylic acids is 1. The van der Waals surface area contributed by atoms with Gasteiger partial charge in [0.05, 0.1) is 5.56 Å². The molecular weight excluding hydrogens is 624 g/mol. The number of nitrogen functional groups attached to an aromatic ring is 1. The second-order valence-corrected chi connectivity index (χ2v) is 10.3. The van der Waals surface area contributed by atoms with Crippen LogP contribution in [0.2, 0.25) is 0 Å². The lowest BCUT2D eigenvalue weighted by Crippen LogP contribution is -2.71. The van der Waals surface area contributed by atoms with Gasteiger partial charge in [-0.25, -0.2) is 14.6 Å². The number of β-lactam (4-membered cyclic amide) rings is 1. The Kier molecular flexibility index (Phi) is 8.39. The summed E-state index contributed by atoms with van der Waals surface area (Å²) in [5.74, 6) is -6.78. The van der Waals surface area contributed by atoms with Crippen molar-refractivity contribution >= 4 is 57.7 Å². The third-order valence-corrected chi connectivity index (χ3v) is 7.56. The zero-order chi connectivity index (χ0) is 31.0. The van der Waals surface area contributed by atoms with Crippen LogP contribution in [0.3, 0.4) is 0 Å². The monoisotopic (exact) mass is 639 g/mol. The summed E-state index contributed by atoms with van der Waals surface area (Å²) in [6, 6.07) is 2.49. The Balaban J connectivity index is 1.50. The number of thioether (sulfide) groups is 1. The Hall–Kier alpha value is -4.33. The van der Waals surface area contributed by atoms with Crippen molar-refractivity contribution < 1.29 is 60.2 Å². The Morgan fingerprint density at radius 1 is 1.21 bits per heavy atom. The topological polar surface area (TPSA) is 174 Å². The highest BCUT2D eigenvalue weighted by Gasteiger charge is 2.54. The van der Waals surface area contributed by atoms with Crippen molar-refractivity contribution in [1.29, 1.82) is 0 Å². The fraction of sp³-hybridized carbons (Fsp3) is 0.273. The third kappa shape index (κ3) is 6.43. The first kappa shape index (κ1) is 30.6. The standard InChI is InChI=1S/C22H15F6N5O7S2/c23-21(24,25)9-2-1-3-10(4-9)39-5-8-6-41-17-13(16(35)33(17)14(8)18(36)37)31-15(34)12(11-7-42-20(29)30-11)32-40-19(38)22(26,27)28/h1-4,7,13,17H,5-6H2,(H2,29,30)(H,31,34)(H,36,37)/t13?,17-/m0/s1. The number of nitrogens with two attached hydrogens (primary N) is 1. The average Bonchev–Trinajstić information content (AvgIpc) is 3.34. The van der Waals surface area contributed by atoms with E-state index in [1.807, 2.05) is 0 Å². The Morgan fingerprint density at radius 3 is 2.52 bits per heavy atom. The number of carbonyl (C=O) groups is 4. The molecule has 3 heterocycles. The molecule has 224 valence electrons. The van der Waals surface area contributed by atoms with Gasteiger partial charge < -0.3 is 25.7 Å². The molecular formula is C22H15F6N5O7S2. The van der Waals surface area contributed by atoms with Gasteiger partial charge in [0.1, 0.15) is 35.2 Å². The summed E-state index contributed by atoms with van der Waals surface area (Å²) >= 11 is 1.75. The van der Waals surface area contributed by atoms with Crippen LogP contribution in [0.5, 0.6) is 5.75 Å². The molecule has 12 nitrogen and oxygen atoms in total. The first-order valence-electron chi connectivity index (χ1n) is 11.2. The highest BCUT2D eigenvalue weighted by molar-refractivity contribution is 8.00. The lowest BCUT2D eigenvalue weighted by Gasteiger charge is -2.49. The van der Waals surface area contributed by atoms with Crippen LogP contribution < -0.4 is 15.8 Å². The van der Waals surface area contributed by atoms with Crippen LogP contribution in [-0.4, -0.2) is 74.4 Å². The van der Waals surface area contributed by atoms with Gasteiger partial charge in [-0.1, -0.05) is 11.2 Å². The molecule has 1 saturated heterocycles. The van der Waals surface area contributed by atoms with Crippen LogP contribution in [0.15, 0.2) is 46.1 Å². The zero-order valence-electron chi connectivity index (χ0n) is 20.4. The lowest BCUT2D eigenvalue weighted by molar-refractivity contribution is -0.199. The molecule has 4 N–H and O–H groups in total. The van der Waals surface area contributed by atoms with E-state index in [9.17, 15) is 50.6 Å². The largest absolute Gasteiger partial charge is 0.493 e. The van der Waals surface area contributed by atoms with Crippen molar-refractivity contribution in [3.63, 3.8) is 0 Å². The summed E-state index contributed by atoms with van der Waals surface area (Å²) in [6.07, 6.45) is -10.1. The van der Waals surface area contributed by atoms with Gasteiger partial charge in [0, 0.05) is 16.7 Å². The SMILES string of the molecule is Nc1nc(C(=NOC(=O)C(F)(F)F)C(=O)NC2C(=O)N3C(C(=O)O)=C(COc4cccc(C(F)(F)F)c4)CS[C@@H]23)cs1. The van der Waals surface area contributed by atoms with Crippen molar-refractivity contribution in [3.8, 4) is 5.75 Å². The van der Waals surface area contributed by atoms with E-state index < -0.39 is 71.1 Å². The van der Waals surface area contributed by atoms with Gasteiger partial charge in [0.25, 0.3) is 11.8 Å². The molecule has 1 aromatic heterocycles. The van der Waals surface area contributed by atoms with E-state index in [4.69, 9.17) is 10.5 Å². The number of ether oxygens (including phenoxy) is 1. The van der Waals surface area contributed by atoms with E-state index in [-0.39, 0.29) is 27.9 Å². The van der Waals surface area contributed by atoms with Gasteiger partial charge in [-0.3, -0.25) is 14.5 Å². The number of benzene rings is 1. The molecule has 0 saturated carbocycles. The third-order valence-electron chi connectivity index (χ3n) is 5.54. The summed E-state index contributed by atoms with van der Waals surface area (Å²) < 4.78 is 81.9. The van der Waals surface area contributed by atoms with Gasteiger partial charge in [-0.15, -0.1) is 23.1 Å². The van der Waals surface area contributed by atoms with Crippen LogP contribution in [0.4, 0.5) is 31.5 Å². The number of carboxylic acid groups (broad SMARTS) is 1. The maximum Gasteiger partial charge on any atom is 0.493 e. The molecule has 0 radical (unpaired) electrons. The highest BCUT2D eigenvalue weighted by atomic mass is 32.2. The van der Waals surface area contributed by atoms with Gasteiger partial charge in [-0.2, -0.15) is 26.3 Å². The number of fused-ring (bicyclic) bond motifs is 1. The number of rotatable bonds is 8. The lowest BCUT2D eigenvalue weighted by atomic mass is 10.0. The first-order chi connectivity index (χ1) is 19.6. The van der Waals surface area contributed by atoms with E-state index in [1.54, 1.807) is 0 Å². The number of anilines is 1. The summed E-state index contributed by atoms with van der Waals surface area (Å²) in [7, 11) is 0. The predicted molar refractivity (Wildman–Crippen MR) is 132 cm³/mol. The van der Waals surface area contributed by atoms with Crippen LogP contribution in [0.25, 0.3) is 0 Å². The van der Waals surface area contributed by atoms with Crippen molar-refractivity contribution in [2.24, 2.45) is 5.16 Å². The fourth-order valence-electron chi connectivity index (χ4n) is 3.68.